The molecule has 0 radical (unpaired) electrons. The molecule has 0 atom stereocenters. The molecule has 1 N–H and O–H groups in total. The van der Waals surface area contributed by atoms with Crippen LogP contribution in [0, 0.1) is 6.92 Å². The number of amides is 2. The second-order valence-electron chi connectivity index (χ2n) is 11.1. The summed E-state index contributed by atoms with van der Waals surface area (Å²) in [5.41, 5.74) is 7.88. The van der Waals surface area contributed by atoms with E-state index in [9.17, 15) is 18.0 Å². The fourth-order valence-corrected chi connectivity index (χ4v) is 6.66. The highest BCUT2D eigenvalue weighted by molar-refractivity contribution is 8.14. The van der Waals surface area contributed by atoms with Crippen molar-refractivity contribution in [2.75, 3.05) is 17.2 Å². The number of hydrogen-bond donors (Lipinski definition) is 1. The quantitative estimate of drug-likeness (QED) is 0.207. The molecule has 0 unspecified atom stereocenters. The molecule has 1 fully saturated rings. The number of halogens is 3. The second-order valence-corrected chi connectivity index (χ2v) is 12.2. The predicted molar refractivity (Wildman–Crippen MR) is 175 cm³/mol. The number of nitrogens with zero attached hydrogens (tertiary/aromatic N) is 5. The zero-order valence-electron chi connectivity index (χ0n) is 25.5. The Morgan fingerprint density at radius 1 is 1.04 bits per heavy atom. The van der Waals surface area contributed by atoms with E-state index in [-0.39, 0.29) is 11.8 Å². The van der Waals surface area contributed by atoms with Crippen LogP contribution in [0.25, 0.3) is 22.6 Å². The number of hydrogen-bond acceptors (Lipinski definition) is 5. The first kappa shape index (κ1) is 31.4. The molecule has 1 aliphatic carbocycles. The molecule has 2 amide bonds. The van der Waals surface area contributed by atoms with E-state index in [0.717, 1.165) is 77.7 Å². The van der Waals surface area contributed by atoms with Gasteiger partial charge in [0.05, 0.1) is 5.69 Å². The number of rotatable bonds is 8. The summed E-state index contributed by atoms with van der Waals surface area (Å²) in [5, 5.41) is 8.29. The molecule has 1 saturated heterocycles. The van der Waals surface area contributed by atoms with E-state index in [0.29, 0.717) is 11.5 Å². The van der Waals surface area contributed by atoms with Gasteiger partial charge in [-0.05, 0) is 85.2 Å². The number of benzene rings is 3. The van der Waals surface area contributed by atoms with Crippen molar-refractivity contribution in [2.24, 2.45) is 4.99 Å². The molecule has 8 nitrogen and oxygen atoms in total. The van der Waals surface area contributed by atoms with Gasteiger partial charge >= 0.3 is 12.4 Å². The summed E-state index contributed by atoms with van der Waals surface area (Å²) in [4.78, 5) is 24.2. The van der Waals surface area contributed by atoms with Gasteiger partial charge < -0.3 is 15.0 Å². The Morgan fingerprint density at radius 2 is 1.80 bits per heavy atom. The van der Waals surface area contributed by atoms with E-state index < -0.39 is 6.36 Å². The van der Waals surface area contributed by atoms with E-state index in [1.807, 2.05) is 24.3 Å². The summed E-state index contributed by atoms with van der Waals surface area (Å²) in [6.07, 6.45) is 1.32. The van der Waals surface area contributed by atoms with Crippen LogP contribution < -0.4 is 15.0 Å². The van der Waals surface area contributed by atoms with Crippen molar-refractivity contribution in [3.63, 3.8) is 0 Å². The van der Waals surface area contributed by atoms with E-state index in [1.54, 1.807) is 11.8 Å². The first-order valence-corrected chi connectivity index (χ1v) is 16.2. The first-order chi connectivity index (χ1) is 22.2. The Balaban J connectivity index is 1.15. The van der Waals surface area contributed by atoms with Crippen LogP contribution in [0.4, 0.5) is 23.7 Å². The summed E-state index contributed by atoms with van der Waals surface area (Å²) in [5.74, 6) is 1.04. The zero-order chi connectivity index (χ0) is 32.3. The van der Waals surface area contributed by atoms with Crippen LogP contribution in [-0.2, 0) is 6.42 Å². The molecule has 1 aliphatic heterocycles. The van der Waals surface area contributed by atoms with Crippen molar-refractivity contribution < 1.29 is 22.7 Å². The Hall–Kier alpha value is -4.58. The molecule has 12 heteroatoms. The minimum Gasteiger partial charge on any atom is -0.406 e. The van der Waals surface area contributed by atoms with Gasteiger partial charge in [0.25, 0.3) is 0 Å². The van der Waals surface area contributed by atoms with Gasteiger partial charge in [0.1, 0.15) is 12.1 Å². The molecular formula is C34H33F3N6O2S. The third-order valence-corrected chi connectivity index (χ3v) is 8.78. The summed E-state index contributed by atoms with van der Waals surface area (Å²) in [6.45, 7) is 5.06. The Labute approximate surface area is 269 Å². The number of nitrogens with one attached hydrogen (secondary N) is 1. The molecule has 1 aromatic heterocycles. The molecular weight excluding hydrogens is 613 g/mol. The average molecular weight is 647 g/mol. The van der Waals surface area contributed by atoms with E-state index >= 15 is 0 Å². The van der Waals surface area contributed by atoms with Crippen LogP contribution >= 0.6 is 11.8 Å². The van der Waals surface area contributed by atoms with Gasteiger partial charge in [-0.3, -0.25) is 0 Å². The van der Waals surface area contributed by atoms with E-state index in [2.05, 4.69) is 62.1 Å². The number of amidine groups is 1. The van der Waals surface area contributed by atoms with Gasteiger partial charge in [0, 0.05) is 29.2 Å². The lowest BCUT2D eigenvalue weighted by molar-refractivity contribution is -0.274. The topological polar surface area (TPSA) is 84.6 Å². The molecule has 4 aromatic rings. The molecule has 2 aliphatic rings. The molecule has 0 spiro atoms. The monoisotopic (exact) mass is 646 g/mol. The highest BCUT2D eigenvalue weighted by Gasteiger charge is 2.31. The maximum Gasteiger partial charge on any atom is 0.573 e. The smallest absolute Gasteiger partial charge is 0.406 e. The summed E-state index contributed by atoms with van der Waals surface area (Å²) in [7, 11) is 0. The zero-order valence-corrected chi connectivity index (χ0v) is 26.3. The van der Waals surface area contributed by atoms with Gasteiger partial charge in [-0.15, -0.1) is 18.3 Å². The number of aromatic nitrogens is 3. The van der Waals surface area contributed by atoms with Gasteiger partial charge in [-0.2, -0.15) is 4.99 Å². The largest absolute Gasteiger partial charge is 0.573 e. The molecule has 46 heavy (non-hydrogen) atoms. The predicted octanol–water partition coefficient (Wildman–Crippen LogP) is 8.31. The van der Waals surface area contributed by atoms with Crippen LogP contribution in [0.1, 0.15) is 49.3 Å². The van der Waals surface area contributed by atoms with Gasteiger partial charge in [-0.1, -0.05) is 61.5 Å². The standard InChI is InChI=1S/C34H33F3N6O2S/c1-3-5-24-9-8-22(2)20-30(24)42-18-19-46-33(42)40-32(44)39-29-7-4-6-28(29)23-10-12-25(13-11-23)31-38-21-43(41-31)26-14-16-27(17-15-26)45-34(35,36)37/h8-17,20-21H,3-7,18-19H2,1-2H3,(H,39,44). The number of anilines is 1. The number of thioether (sulfide) groups is 1. The van der Waals surface area contributed by atoms with Crippen LogP contribution in [0.5, 0.6) is 5.75 Å². The van der Waals surface area contributed by atoms with Gasteiger partial charge in [0.15, 0.2) is 11.0 Å². The number of carbonyl (C=O) groups excluding carboxylic acids is 1. The van der Waals surface area contributed by atoms with Crippen molar-refractivity contribution in [3.05, 3.63) is 95.4 Å². The van der Waals surface area contributed by atoms with Crippen molar-refractivity contribution in [3.8, 4) is 22.8 Å². The highest BCUT2D eigenvalue weighted by Crippen LogP contribution is 2.34. The lowest BCUT2D eigenvalue weighted by atomic mass is 10.0. The SMILES string of the molecule is CCCc1ccc(C)cc1N1CCSC1=NC(=O)NC1=C(c2ccc(-c3ncn(-c4ccc(OC(F)(F)F)cc4)n3)cc2)CCC1. The fraction of sp³-hybridized carbons (Fsp3) is 0.294. The number of alkyl halides is 3. The van der Waals surface area contributed by atoms with Gasteiger partial charge in [0.2, 0.25) is 0 Å². The normalized spacial score (nSPS) is 16.0. The minimum absolute atomic E-state index is 0.306. The van der Waals surface area contributed by atoms with Crippen molar-refractivity contribution >= 4 is 34.2 Å². The molecule has 238 valence electrons. The number of carbonyl (C=O) groups is 1. The lowest BCUT2D eigenvalue weighted by Gasteiger charge is -2.22. The summed E-state index contributed by atoms with van der Waals surface area (Å²) >= 11 is 1.60. The van der Waals surface area contributed by atoms with Crippen LogP contribution in [0.3, 0.4) is 0 Å². The van der Waals surface area contributed by atoms with Crippen LogP contribution in [0.15, 0.2) is 83.7 Å². The number of ether oxygens (including phenoxy) is 1. The Bertz CT molecular complexity index is 1780. The number of aryl methyl sites for hydroxylation is 2. The first-order valence-electron chi connectivity index (χ1n) is 15.2. The fourth-order valence-electron chi connectivity index (χ4n) is 5.71. The van der Waals surface area contributed by atoms with Gasteiger partial charge in [-0.25, -0.2) is 14.5 Å². The Morgan fingerprint density at radius 3 is 2.54 bits per heavy atom. The molecule has 2 heterocycles. The Kier molecular flexibility index (Phi) is 9.16. The number of urea groups is 1. The molecule has 0 bridgehead atoms. The number of aliphatic imine (C=N–C) groups is 1. The van der Waals surface area contributed by atoms with Crippen LogP contribution in [-0.4, -0.2) is 44.6 Å². The molecule has 3 aromatic carbocycles. The van der Waals surface area contributed by atoms with Crippen LogP contribution in [0.2, 0.25) is 0 Å². The van der Waals surface area contributed by atoms with Crippen molar-refractivity contribution in [2.45, 2.75) is 52.3 Å². The molecule has 0 saturated carbocycles. The number of allylic oxidation sites excluding steroid dienone is 2. The molecule has 6 rings (SSSR count). The second kappa shape index (κ2) is 13.4. The summed E-state index contributed by atoms with van der Waals surface area (Å²) in [6, 6.07) is 19.3. The maximum absolute atomic E-state index is 13.2. The average Bonchev–Trinajstić information content (AvgIpc) is 3.80. The highest BCUT2D eigenvalue weighted by atomic mass is 32.2. The van der Waals surface area contributed by atoms with Crippen molar-refractivity contribution in [1.29, 1.82) is 0 Å². The van der Waals surface area contributed by atoms with E-state index in [4.69, 9.17) is 0 Å². The third-order valence-electron chi connectivity index (χ3n) is 7.82. The minimum atomic E-state index is -4.75. The van der Waals surface area contributed by atoms with Crippen molar-refractivity contribution in [1.82, 2.24) is 20.1 Å². The summed E-state index contributed by atoms with van der Waals surface area (Å²) < 4.78 is 42.8. The maximum atomic E-state index is 13.2. The third kappa shape index (κ3) is 7.28. The lowest BCUT2D eigenvalue weighted by Crippen LogP contribution is -2.28. The van der Waals surface area contributed by atoms with E-state index in [1.165, 1.54) is 46.4 Å².